The van der Waals surface area contributed by atoms with E-state index in [9.17, 15) is 4.79 Å². The summed E-state index contributed by atoms with van der Waals surface area (Å²) in [5.74, 6) is 0.922. The quantitative estimate of drug-likeness (QED) is 0.821. The Kier molecular flexibility index (Phi) is 6.02. The molecule has 116 valence electrons. The molecule has 0 unspecified atom stereocenters. The standard InChI is InChI=1S/C16H25N3O2/c1-13(2)21-15-5-3-4-14(10-15)11-18-16(20)12-19-8-6-17-7-9-19/h3-5,10,13,17H,6-9,11-12H2,1-2H3,(H,18,20). The maximum Gasteiger partial charge on any atom is 0.234 e. The highest BCUT2D eigenvalue weighted by Crippen LogP contribution is 2.14. The lowest BCUT2D eigenvalue weighted by molar-refractivity contribution is -0.122. The highest BCUT2D eigenvalue weighted by Gasteiger charge is 2.13. The molecule has 2 rings (SSSR count). The van der Waals surface area contributed by atoms with E-state index >= 15 is 0 Å². The Morgan fingerprint density at radius 2 is 2.14 bits per heavy atom. The summed E-state index contributed by atoms with van der Waals surface area (Å²) in [5.41, 5.74) is 1.06. The zero-order chi connectivity index (χ0) is 15.1. The molecule has 0 bridgehead atoms. The number of piperazine rings is 1. The van der Waals surface area contributed by atoms with Crippen molar-refractivity contribution in [2.24, 2.45) is 0 Å². The minimum atomic E-state index is 0.0760. The van der Waals surface area contributed by atoms with Crippen molar-refractivity contribution in [2.75, 3.05) is 32.7 Å². The molecular formula is C16H25N3O2. The molecule has 1 aromatic carbocycles. The molecule has 5 nitrogen and oxygen atoms in total. The van der Waals surface area contributed by atoms with Crippen molar-refractivity contribution in [3.63, 3.8) is 0 Å². The number of hydrogen-bond acceptors (Lipinski definition) is 4. The van der Waals surface area contributed by atoms with Crippen LogP contribution in [-0.4, -0.2) is 49.6 Å². The van der Waals surface area contributed by atoms with Gasteiger partial charge in [0.2, 0.25) is 5.91 Å². The number of nitrogens with one attached hydrogen (secondary N) is 2. The summed E-state index contributed by atoms with van der Waals surface area (Å²) in [6, 6.07) is 7.87. The van der Waals surface area contributed by atoms with Crippen LogP contribution in [0, 0.1) is 0 Å². The van der Waals surface area contributed by atoms with E-state index in [4.69, 9.17) is 4.74 Å². The predicted molar refractivity (Wildman–Crippen MR) is 83.4 cm³/mol. The van der Waals surface area contributed by atoms with Crippen LogP contribution in [0.1, 0.15) is 19.4 Å². The van der Waals surface area contributed by atoms with Crippen molar-refractivity contribution in [3.05, 3.63) is 29.8 Å². The number of carbonyl (C=O) groups is 1. The molecular weight excluding hydrogens is 266 g/mol. The Bertz CT molecular complexity index is 457. The molecule has 2 N–H and O–H groups in total. The van der Waals surface area contributed by atoms with Gasteiger partial charge in [-0.3, -0.25) is 9.69 Å². The molecule has 1 amide bonds. The van der Waals surface area contributed by atoms with Crippen molar-refractivity contribution in [1.29, 1.82) is 0 Å². The van der Waals surface area contributed by atoms with Crippen LogP contribution >= 0.6 is 0 Å². The molecule has 1 aliphatic rings. The molecule has 0 spiro atoms. The number of benzene rings is 1. The molecule has 1 aromatic rings. The van der Waals surface area contributed by atoms with Gasteiger partial charge in [0.1, 0.15) is 5.75 Å². The van der Waals surface area contributed by atoms with E-state index < -0.39 is 0 Å². The maximum atomic E-state index is 11.9. The number of hydrogen-bond donors (Lipinski definition) is 2. The molecule has 0 atom stereocenters. The summed E-state index contributed by atoms with van der Waals surface area (Å²) in [6.45, 7) is 8.81. The smallest absolute Gasteiger partial charge is 0.234 e. The number of rotatable bonds is 6. The zero-order valence-corrected chi connectivity index (χ0v) is 12.9. The lowest BCUT2D eigenvalue weighted by atomic mass is 10.2. The second kappa shape index (κ2) is 8.00. The minimum Gasteiger partial charge on any atom is -0.491 e. The van der Waals surface area contributed by atoms with Gasteiger partial charge in [-0.15, -0.1) is 0 Å². The fraction of sp³-hybridized carbons (Fsp3) is 0.562. The van der Waals surface area contributed by atoms with Crippen molar-refractivity contribution in [1.82, 2.24) is 15.5 Å². The molecule has 1 aliphatic heterocycles. The van der Waals surface area contributed by atoms with Gasteiger partial charge < -0.3 is 15.4 Å². The van der Waals surface area contributed by atoms with Crippen LogP contribution in [0.5, 0.6) is 5.75 Å². The number of amides is 1. The molecule has 1 heterocycles. The average molecular weight is 291 g/mol. The van der Waals surface area contributed by atoms with Gasteiger partial charge in [-0.2, -0.15) is 0 Å². The highest BCUT2D eigenvalue weighted by molar-refractivity contribution is 5.78. The van der Waals surface area contributed by atoms with Gasteiger partial charge in [-0.1, -0.05) is 12.1 Å². The summed E-state index contributed by atoms with van der Waals surface area (Å²) in [7, 11) is 0. The Labute approximate surface area is 126 Å². The molecule has 1 fully saturated rings. The SMILES string of the molecule is CC(C)Oc1cccc(CNC(=O)CN2CCNCC2)c1. The van der Waals surface area contributed by atoms with Crippen molar-refractivity contribution < 1.29 is 9.53 Å². The highest BCUT2D eigenvalue weighted by atomic mass is 16.5. The monoisotopic (exact) mass is 291 g/mol. The second-order valence-electron chi connectivity index (χ2n) is 5.62. The number of carbonyl (C=O) groups excluding carboxylic acids is 1. The Hall–Kier alpha value is -1.59. The summed E-state index contributed by atoms with van der Waals surface area (Å²) in [5, 5.41) is 6.25. The summed E-state index contributed by atoms with van der Waals surface area (Å²) in [4.78, 5) is 14.1. The van der Waals surface area contributed by atoms with Crippen LogP contribution in [0.3, 0.4) is 0 Å². The van der Waals surface area contributed by atoms with Gasteiger partial charge in [0.15, 0.2) is 0 Å². The Morgan fingerprint density at radius 1 is 1.38 bits per heavy atom. The first-order chi connectivity index (χ1) is 10.1. The molecule has 21 heavy (non-hydrogen) atoms. The van der Waals surface area contributed by atoms with E-state index in [0.717, 1.165) is 37.5 Å². The van der Waals surface area contributed by atoms with Crippen LogP contribution in [-0.2, 0) is 11.3 Å². The van der Waals surface area contributed by atoms with Crippen molar-refractivity contribution >= 4 is 5.91 Å². The van der Waals surface area contributed by atoms with E-state index in [0.29, 0.717) is 13.1 Å². The zero-order valence-electron chi connectivity index (χ0n) is 12.9. The molecule has 0 aliphatic carbocycles. The molecule has 1 saturated heterocycles. The van der Waals surface area contributed by atoms with Crippen LogP contribution < -0.4 is 15.4 Å². The topological polar surface area (TPSA) is 53.6 Å². The van der Waals surface area contributed by atoms with Crippen molar-refractivity contribution in [3.8, 4) is 5.75 Å². The van der Waals surface area contributed by atoms with Crippen molar-refractivity contribution in [2.45, 2.75) is 26.5 Å². The Balaban J connectivity index is 1.77. The number of ether oxygens (including phenoxy) is 1. The average Bonchev–Trinajstić information content (AvgIpc) is 2.46. The van der Waals surface area contributed by atoms with Gasteiger partial charge in [0, 0.05) is 32.7 Å². The third-order valence-corrected chi connectivity index (χ3v) is 3.34. The third kappa shape index (κ3) is 5.73. The maximum absolute atomic E-state index is 11.9. The van der Waals surface area contributed by atoms with Crippen LogP contribution in [0.2, 0.25) is 0 Å². The summed E-state index contributed by atoms with van der Waals surface area (Å²) in [6.07, 6.45) is 0.155. The summed E-state index contributed by atoms with van der Waals surface area (Å²) >= 11 is 0. The van der Waals surface area contributed by atoms with Crippen LogP contribution in [0.15, 0.2) is 24.3 Å². The van der Waals surface area contributed by atoms with E-state index in [1.54, 1.807) is 0 Å². The molecule has 0 saturated carbocycles. The minimum absolute atomic E-state index is 0.0760. The summed E-state index contributed by atoms with van der Waals surface area (Å²) < 4.78 is 5.66. The number of nitrogens with zero attached hydrogens (tertiary/aromatic N) is 1. The lowest BCUT2D eigenvalue weighted by Crippen LogP contribution is -2.47. The first-order valence-corrected chi connectivity index (χ1v) is 7.59. The molecule has 0 radical (unpaired) electrons. The van der Waals surface area contributed by atoms with Gasteiger partial charge in [-0.25, -0.2) is 0 Å². The van der Waals surface area contributed by atoms with Gasteiger partial charge in [-0.05, 0) is 31.5 Å². The second-order valence-corrected chi connectivity index (χ2v) is 5.62. The molecule has 5 heteroatoms. The fourth-order valence-electron chi connectivity index (χ4n) is 2.33. The third-order valence-electron chi connectivity index (χ3n) is 3.34. The van der Waals surface area contributed by atoms with Gasteiger partial charge in [0.05, 0.1) is 12.6 Å². The first kappa shape index (κ1) is 15.8. The van der Waals surface area contributed by atoms with E-state index in [-0.39, 0.29) is 12.0 Å². The van der Waals surface area contributed by atoms with E-state index in [1.807, 2.05) is 38.1 Å². The predicted octanol–water partition coefficient (Wildman–Crippen LogP) is 0.995. The molecule has 0 aromatic heterocycles. The van der Waals surface area contributed by atoms with Gasteiger partial charge in [0.25, 0.3) is 0 Å². The Morgan fingerprint density at radius 3 is 2.86 bits per heavy atom. The van der Waals surface area contributed by atoms with Crippen LogP contribution in [0.25, 0.3) is 0 Å². The van der Waals surface area contributed by atoms with Gasteiger partial charge >= 0.3 is 0 Å². The first-order valence-electron chi connectivity index (χ1n) is 7.59. The van der Waals surface area contributed by atoms with E-state index in [2.05, 4.69) is 15.5 Å². The largest absolute Gasteiger partial charge is 0.491 e. The van der Waals surface area contributed by atoms with Crippen LogP contribution in [0.4, 0.5) is 0 Å². The van der Waals surface area contributed by atoms with E-state index in [1.165, 1.54) is 0 Å². The normalized spacial score (nSPS) is 16.0. The fourth-order valence-corrected chi connectivity index (χ4v) is 2.33. The lowest BCUT2D eigenvalue weighted by Gasteiger charge is -2.26.